The van der Waals surface area contributed by atoms with Crippen LogP contribution in [0.5, 0.6) is 0 Å². The number of aromatic amines is 1. The smallest absolute Gasteiger partial charge is 0.303 e. The maximum atomic E-state index is 14.2. The number of aromatic nitrogens is 2. The SMILES string of the molecule is CSCC[C@@H]1NC(=O)[C@H](CCCN=C(N)N)NC(=O)[C@H](CCC(=O)O)NC(=O)[C@H]([C@@H](C)O)NC(=O)CCCCCCCNC(=O)[C@H](CC(C)C)NC(=O)[C@H](CC(N)=O)NC(=O)[C@H](Cc2cnc[nH]2)NC(=O)[C@H](CC(C)C)NNC(=O)[C@H](C)NC1=O. The molecule has 1 fully saturated rings. The Labute approximate surface area is 499 Å². The highest BCUT2D eigenvalue weighted by Crippen LogP contribution is 2.13. The van der Waals surface area contributed by atoms with Crippen molar-refractivity contribution in [2.75, 3.05) is 25.1 Å². The summed E-state index contributed by atoms with van der Waals surface area (Å²) in [4.78, 5) is 173. The van der Waals surface area contributed by atoms with Crippen LogP contribution >= 0.6 is 11.8 Å². The Kier molecular flexibility index (Phi) is 33.8. The van der Waals surface area contributed by atoms with Gasteiger partial charge in [-0.15, -0.1) is 0 Å². The molecule has 2 rings (SSSR count). The molecular weight excluding hydrogens is 1130 g/mol. The number of H-pyrrole nitrogens is 1. The summed E-state index contributed by atoms with van der Waals surface area (Å²) in [5.74, 6) is -11.0. The number of carbonyl (C=O) groups excluding carboxylic acids is 11. The fraction of sp³-hybridized carbons (Fsp3) is 0.698. The Bertz CT molecular complexity index is 2410. The van der Waals surface area contributed by atoms with Crippen LogP contribution in [0.4, 0.5) is 0 Å². The quantitative estimate of drug-likeness (QED) is 0.0360. The highest BCUT2D eigenvalue weighted by atomic mass is 32.2. The number of guanidine groups is 1. The fourth-order valence-electron chi connectivity index (χ4n) is 8.65. The largest absolute Gasteiger partial charge is 0.481 e. The van der Waals surface area contributed by atoms with Gasteiger partial charge in [0.2, 0.25) is 59.1 Å². The minimum Gasteiger partial charge on any atom is -0.481 e. The molecule has 1 aliphatic heterocycles. The predicted octanol–water partition coefficient (Wildman–Crippen LogP) is -3.67. The molecule has 10 atom stereocenters. The molecule has 32 heteroatoms. The van der Waals surface area contributed by atoms with Crippen LogP contribution in [-0.4, -0.2) is 183 Å². The van der Waals surface area contributed by atoms with Gasteiger partial charge in [-0.2, -0.15) is 11.8 Å². The first-order valence-corrected chi connectivity index (χ1v) is 30.0. The van der Waals surface area contributed by atoms with Crippen LogP contribution in [-0.2, 0) is 64.0 Å². The molecule has 1 aromatic heterocycles. The maximum absolute atomic E-state index is 14.2. The zero-order valence-corrected chi connectivity index (χ0v) is 50.5. The van der Waals surface area contributed by atoms with Gasteiger partial charge >= 0.3 is 5.97 Å². The van der Waals surface area contributed by atoms with Crippen molar-refractivity contribution >= 4 is 88.7 Å². The molecule has 1 aliphatic rings. The summed E-state index contributed by atoms with van der Waals surface area (Å²) < 4.78 is 0. The molecule has 1 aromatic rings. The Morgan fingerprint density at radius 3 is 1.76 bits per heavy atom. The Hall–Kier alpha value is -7.61. The van der Waals surface area contributed by atoms with Crippen LogP contribution < -0.4 is 75.9 Å². The standard InChI is InChI=1S/C53H91N17O14S/c1-28(2)22-36-45(77)58-19-12-10-8-9-11-15-41(73)68-43(31(6)71)52(84)64-34(16-17-42(74)75)48(80)62-33(14-13-20-59-53(55)56)47(79)63-35(18-21-85-7)46(78)61-30(5)44(76)70-69-39(23-29(3)4)51(83)66-37(24-32-26-57-27-60-32)49(81)67-38(25-40(54)72)50(82)65-36/h26-31,33-39,43,69,71H,8-25H2,1-7H3,(H2,54,72)(H,57,60)(H,58,77)(H,61,78)(H,62,80)(H,63,79)(H,64,84)(H,65,82)(H,66,83)(H,67,81)(H,68,73)(H,70,76)(H,74,75)(H4,55,56,59)/t30-,31+,33-,34-,35-,36-,37-,38-,39-,43-/m0/s1. The second-order valence-electron chi connectivity index (χ2n) is 21.8. The van der Waals surface area contributed by atoms with E-state index in [4.69, 9.17) is 17.2 Å². The lowest BCUT2D eigenvalue weighted by molar-refractivity contribution is -0.139. The van der Waals surface area contributed by atoms with E-state index >= 15 is 0 Å². The van der Waals surface area contributed by atoms with Crippen molar-refractivity contribution in [2.24, 2.45) is 34.0 Å². The number of primary amides is 1. The van der Waals surface area contributed by atoms with E-state index in [9.17, 15) is 67.7 Å². The number of imidazole rings is 1. The number of carboxylic acids is 1. The van der Waals surface area contributed by atoms with Gasteiger partial charge in [0, 0.05) is 44.2 Å². The highest BCUT2D eigenvalue weighted by molar-refractivity contribution is 7.98. The molecular formula is C53H91N17O14S. The summed E-state index contributed by atoms with van der Waals surface area (Å²) in [6.07, 6.45) is 3.75. The fourth-order valence-corrected chi connectivity index (χ4v) is 9.12. The van der Waals surface area contributed by atoms with Crippen LogP contribution in [0, 0.1) is 11.8 Å². The molecule has 0 bridgehead atoms. The maximum Gasteiger partial charge on any atom is 0.303 e. The Morgan fingerprint density at radius 1 is 0.647 bits per heavy atom. The summed E-state index contributed by atoms with van der Waals surface area (Å²) in [6, 6.07) is -12.7. The third-order valence-corrected chi connectivity index (χ3v) is 13.8. The number of carboxylic acid groups (broad SMARTS) is 1. The van der Waals surface area contributed by atoms with Crippen molar-refractivity contribution in [3.05, 3.63) is 18.2 Å². The molecule has 0 spiro atoms. The van der Waals surface area contributed by atoms with Gasteiger partial charge in [0.1, 0.15) is 54.4 Å². The van der Waals surface area contributed by atoms with E-state index < -0.39 is 151 Å². The van der Waals surface area contributed by atoms with Crippen LogP contribution in [0.15, 0.2) is 17.5 Å². The van der Waals surface area contributed by atoms with Crippen molar-refractivity contribution in [3.63, 3.8) is 0 Å². The van der Waals surface area contributed by atoms with Gasteiger partial charge < -0.3 is 80.2 Å². The topological polar surface area (TPSA) is 497 Å². The number of rotatable bonds is 19. The molecule has 1 saturated heterocycles. The number of carbonyl (C=O) groups is 12. The average Bonchev–Trinajstić information content (AvgIpc) is 4.16. The minimum absolute atomic E-state index is 0.00760. The number of thioether (sulfide) groups is 1. The van der Waals surface area contributed by atoms with Gasteiger partial charge in [0.15, 0.2) is 5.96 Å². The summed E-state index contributed by atoms with van der Waals surface area (Å²) in [5.41, 5.74) is 22.0. The normalized spacial score (nSPS) is 24.8. The lowest BCUT2D eigenvalue weighted by Gasteiger charge is -2.28. The number of nitrogens with zero attached hydrogens (tertiary/aromatic N) is 2. The Balaban J connectivity index is 2.62. The first kappa shape index (κ1) is 73.5. The molecule has 11 amide bonds. The zero-order chi connectivity index (χ0) is 63.8. The predicted molar refractivity (Wildman–Crippen MR) is 313 cm³/mol. The lowest BCUT2D eigenvalue weighted by atomic mass is 10.0. The number of nitrogens with one attached hydrogen (secondary N) is 12. The van der Waals surface area contributed by atoms with Gasteiger partial charge in [-0.1, -0.05) is 47.0 Å². The van der Waals surface area contributed by atoms with E-state index in [1.807, 2.05) is 13.8 Å². The number of nitrogens with two attached hydrogens (primary N) is 3. The third-order valence-electron chi connectivity index (χ3n) is 13.2. The van der Waals surface area contributed by atoms with Crippen molar-refractivity contribution in [2.45, 2.75) is 198 Å². The van der Waals surface area contributed by atoms with Crippen molar-refractivity contribution in [1.82, 2.24) is 68.7 Å². The molecule has 0 aromatic carbocycles. The number of hydrogen-bond donors (Lipinski definition) is 17. The van der Waals surface area contributed by atoms with Crippen LogP contribution in [0.2, 0.25) is 0 Å². The molecule has 85 heavy (non-hydrogen) atoms. The van der Waals surface area contributed by atoms with Crippen LogP contribution in [0.1, 0.15) is 137 Å². The van der Waals surface area contributed by atoms with Crippen LogP contribution in [0.25, 0.3) is 0 Å². The minimum atomic E-state index is -1.63. The summed E-state index contributed by atoms with van der Waals surface area (Å²) in [6.45, 7) is 9.98. The number of aliphatic imine (C=N–C) groups is 1. The van der Waals surface area contributed by atoms with Gasteiger partial charge in [0.05, 0.1) is 18.9 Å². The number of aliphatic carboxylic acids is 1. The van der Waals surface area contributed by atoms with Crippen molar-refractivity contribution < 1.29 is 67.7 Å². The van der Waals surface area contributed by atoms with E-state index in [0.717, 1.165) is 0 Å². The lowest BCUT2D eigenvalue weighted by Crippen LogP contribution is -2.61. The molecule has 0 unspecified atom stereocenters. The molecule has 0 saturated carbocycles. The van der Waals surface area contributed by atoms with E-state index in [1.165, 1.54) is 38.1 Å². The molecule has 20 N–H and O–H groups in total. The van der Waals surface area contributed by atoms with E-state index in [2.05, 4.69) is 73.7 Å². The molecule has 0 aliphatic carbocycles. The van der Waals surface area contributed by atoms with Gasteiger partial charge in [-0.05, 0) is 89.1 Å². The van der Waals surface area contributed by atoms with E-state index in [1.54, 1.807) is 20.1 Å². The average molecular weight is 1220 g/mol. The third kappa shape index (κ3) is 29.7. The second kappa shape index (κ2) is 39.1. The first-order chi connectivity index (χ1) is 40.1. The highest BCUT2D eigenvalue weighted by Gasteiger charge is 2.36. The molecule has 2 heterocycles. The Morgan fingerprint density at radius 2 is 1.18 bits per heavy atom. The van der Waals surface area contributed by atoms with Gasteiger partial charge in [0.25, 0.3) is 5.91 Å². The van der Waals surface area contributed by atoms with Crippen molar-refractivity contribution in [3.8, 4) is 0 Å². The summed E-state index contributed by atoms with van der Waals surface area (Å²) >= 11 is 1.33. The van der Waals surface area contributed by atoms with Crippen molar-refractivity contribution in [1.29, 1.82) is 0 Å². The molecule has 478 valence electrons. The second-order valence-corrected chi connectivity index (χ2v) is 22.7. The van der Waals surface area contributed by atoms with E-state index in [0.29, 0.717) is 43.6 Å². The molecule has 0 radical (unpaired) electrons. The van der Waals surface area contributed by atoms with Gasteiger partial charge in [-0.25, -0.2) is 10.4 Å². The summed E-state index contributed by atoms with van der Waals surface area (Å²) in [7, 11) is 0. The first-order valence-electron chi connectivity index (χ1n) is 28.6. The van der Waals surface area contributed by atoms with Gasteiger partial charge in [-0.3, -0.25) is 68.0 Å². The molecule has 31 nitrogen and oxygen atoms in total. The summed E-state index contributed by atoms with van der Waals surface area (Å²) in [5, 5.41) is 43.4. The number of hydrogen-bond acceptors (Lipinski definition) is 17. The number of aliphatic hydroxyl groups excluding tert-OH is 1. The monoisotopic (exact) mass is 1220 g/mol. The number of hydrazine groups is 1. The number of amides is 11. The zero-order valence-electron chi connectivity index (χ0n) is 49.6. The number of aliphatic hydroxyl groups is 1. The van der Waals surface area contributed by atoms with Crippen LogP contribution in [0.3, 0.4) is 0 Å². The van der Waals surface area contributed by atoms with E-state index in [-0.39, 0.29) is 75.8 Å².